The number of allylic oxidation sites excluding steroid dienone is 3. The zero-order valence-electron chi connectivity index (χ0n) is 17.2. The third kappa shape index (κ3) is 7.24. The lowest BCUT2D eigenvalue weighted by molar-refractivity contribution is -0.274. The fourth-order valence-corrected chi connectivity index (χ4v) is 5.03. The number of hydrogen-bond donors (Lipinski definition) is 0. The van der Waals surface area contributed by atoms with Crippen molar-refractivity contribution in [2.45, 2.75) is 77.0 Å². The standard InChI is InChI=1S/C25H33F3O/c1-2-3-4-19-7-13-22(14-8-19)23-15-9-20(10-16-23)5-6-21-11-17-24(18-12-21)29-25(26,27)28/h2,7,11-12,17-18,20,22-23H,1,3-6,8-10,13-16H2. The molecule has 0 radical (unpaired) electrons. The van der Waals surface area contributed by atoms with Gasteiger partial charge in [-0.25, -0.2) is 0 Å². The Kier molecular flexibility index (Phi) is 7.85. The van der Waals surface area contributed by atoms with Crippen molar-refractivity contribution < 1.29 is 17.9 Å². The number of hydrogen-bond acceptors (Lipinski definition) is 1. The lowest BCUT2D eigenvalue weighted by Gasteiger charge is -2.35. The molecule has 0 N–H and O–H groups in total. The molecule has 160 valence electrons. The Morgan fingerprint density at radius 2 is 1.69 bits per heavy atom. The topological polar surface area (TPSA) is 9.23 Å². The van der Waals surface area contributed by atoms with Crippen LogP contribution in [0.5, 0.6) is 5.75 Å². The molecule has 1 saturated carbocycles. The molecular weight excluding hydrogens is 373 g/mol. The second-order valence-corrected chi connectivity index (χ2v) is 8.74. The molecule has 2 aliphatic rings. The zero-order valence-corrected chi connectivity index (χ0v) is 17.2. The van der Waals surface area contributed by atoms with Crippen LogP contribution in [0.15, 0.2) is 48.6 Å². The maximum absolute atomic E-state index is 12.2. The van der Waals surface area contributed by atoms with Gasteiger partial charge in [0.2, 0.25) is 0 Å². The first-order chi connectivity index (χ1) is 13.9. The van der Waals surface area contributed by atoms with Gasteiger partial charge in [0.25, 0.3) is 0 Å². The van der Waals surface area contributed by atoms with Gasteiger partial charge in [0.1, 0.15) is 5.75 Å². The molecule has 2 aliphatic carbocycles. The summed E-state index contributed by atoms with van der Waals surface area (Å²) in [6, 6.07) is 6.34. The summed E-state index contributed by atoms with van der Waals surface area (Å²) < 4.78 is 40.7. The van der Waals surface area contributed by atoms with Crippen LogP contribution in [0.4, 0.5) is 13.2 Å². The fraction of sp³-hybridized carbons (Fsp3) is 0.600. The number of benzene rings is 1. The number of halogens is 3. The first-order valence-electron chi connectivity index (χ1n) is 11.1. The third-order valence-corrected chi connectivity index (χ3v) is 6.77. The van der Waals surface area contributed by atoms with Gasteiger partial charge in [-0.2, -0.15) is 0 Å². The van der Waals surface area contributed by atoms with E-state index in [1.54, 1.807) is 17.7 Å². The number of rotatable bonds is 8. The van der Waals surface area contributed by atoms with Crippen LogP contribution in [0.2, 0.25) is 0 Å². The Hall–Kier alpha value is -1.71. The summed E-state index contributed by atoms with van der Waals surface area (Å²) in [5, 5.41) is 0. The Balaban J connectivity index is 1.37. The van der Waals surface area contributed by atoms with Gasteiger partial charge in [-0.1, -0.05) is 42.7 Å². The van der Waals surface area contributed by atoms with Crippen molar-refractivity contribution in [1.82, 2.24) is 0 Å². The predicted molar refractivity (Wildman–Crippen MR) is 112 cm³/mol. The highest BCUT2D eigenvalue weighted by atomic mass is 19.4. The average molecular weight is 407 g/mol. The van der Waals surface area contributed by atoms with E-state index < -0.39 is 6.36 Å². The number of aryl methyl sites for hydroxylation is 1. The molecule has 1 nitrogen and oxygen atoms in total. The highest BCUT2D eigenvalue weighted by molar-refractivity contribution is 5.27. The first-order valence-corrected chi connectivity index (χ1v) is 11.1. The fourth-order valence-electron chi connectivity index (χ4n) is 5.03. The molecule has 0 spiro atoms. The molecule has 0 amide bonds. The molecule has 0 heterocycles. The predicted octanol–water partition coefficient (Wildman–Crippen LogP) is 8.02. The molecule has 0 saturated heterocycles. The minimum Gasteiger partial charge on any atom is -0.406 e. The average Bonchev–Trinajstić information content (AvgIpc) is 2.71. The second kappa shape index (κ2) is 10.4. The minimum absolute atomic E-state index is 0.143. The molecule has 0 aliphatic heterocycles. The second-order valence-electron chi connectivity index (χ2n) is 8.74. The van der Waals surface area contributed by atoms with Gasteiger partial charge in [-0.15, -0.1) is 19.8 Å². The van der Waals surface area contributed by atoms with Crippen LogP contribution in [0.1, 0.15) is 69.8 Å². The first kappa shape index (κ1) is 22.0. The van der Waals surface area contributed by atoms with Gasteiger partial charge in [-0.05, 0) is 93.2 Å². The van der Waals surface area contributed by atoms with Gasteiger partial charge in [0.15, 0.2) is 0 Å². The molecule has 29 heavy (non-hydrogen) atoms. The lowest BCUT2D eigenvalue weighted by Crippen LogP contribution is -2.23. The van der Waals surface area contributed by atoms with Crippen LogP contribution in [-0.2, 0) is 6.42 Å². The quantitative estimate of drug-likeness (QED) is 0.397. The van der Waals surface area contributed by atoms with Crippen LogP contribution >= 0.6 is 0 Å². The maximum atomic E-state index is 12.2. The Bertz CT molecular complexity index is 666. The van der Waals surface area contributed by atoms with Crippen molar-refractivity contribution in [3.8, 4) is 5.75 Å². The van der Waals surface area contributed by atoms with Crippen molar-refractivity contribution in [3.05, 3.63) is 54.1 Å². The highest BCUT2D eigenvalue weighted by Crippen LogP contribution is 2.41. The van der Waals surface area contributed by atoms with E-state index >= 15 is 0 Å². The Morgan fingerprint density at radius 3 is 2.28 bits per heavy atom. The molecule has 1 fully saturated rings. The molecule has 0 bridgehead atoms. The molecule has 3 rings (SSSR count). The molecule has 1 aromatic carbocycles. The van der Waals surface area contributed by atoms with E-state index in [9.17, 15) is 13.2 Å². The summed E-state index contributed by atoms with van der Waals surface area (Å²) in [4.78, 5) is 0. The van der Waals surface area contributed by atoms with Crippen LogP contribution in [0.3, 0.4) is 0 Å². The van der Waals surface area contributed by atoms with E-state index in [-0.39, 0.29) is 5.75 Å². The van der Waals surface area contributed by atoms with Crippen LogP contribution in [0, 0.1) is 17.8 Å². The van der Waals surface area contributed by atoms with Crippen molar-refractivity contribution in [1.29, 1.82) is 0 Å². The summed E-state index contributed by atoms with van der Waals surface area (Å²) in [7, 11) is 0. The molecular formula is C25H33F3O. The molecule has 4 heteroatoms. The largest absolute Gasteiger partial charge is 0.573 e. The molecule has 1 unspecified atom stereocenters. The van der Waals surface area contributed by atoms with Crippen LogP contribution in [-0.4, -0.2) is 6.36 Å². The van der Waals surface area contributed by atoms with Crippen LogP contribution in [0.25, 0.3) is 0 Å². The number of alkyl halides is 3. The van der Waals surface area contributed by atoms with Crippen molar-refractivity contribution in [2.24, 2.45) is 17.8 Å². The van der Waals surface area contributed by atoms with Gasteiger partial charge in [-0.3, -0.25) is 0 Å². The maximum Gasteiger partial charge on any atom is 0.573 e. The van der Waals surface area contributed by atoms with E-state index in [1.807, 2.05) is 6.08 Å². The Labute approximate surface area is 173 Å². The zero-order chi connectivity index (χ0) is 20.7. The van der Waals surface area contributed by atoms with E-state index in [0.29, 0.717) is 0 Å². The minimum atomic E-state index is -4.62. The summed E-state index contributed by atoms with van der Waals surface area (Å²) >= 11 is 0. The van der Waals surface area contributed by atoms with E-state index in [0.717, 1.165) is 42.6 Å². The molecule has 1 aromatic rings. The van der Waals surface area contributed by atoms with Crippen molar-refractivity contribution in [2.75, 3.05) is 0 Å². The summed E-state index contributed by atoms with van der Waals surface area (Å²) in [6.45, 7) is 3.82. The van der Waals surface area contributed by atoms with E-state index in [4.69, 9.17) is 0 Å². The molecule has 1 atom stereocenters. The Morgan fingerprint density at radius 1 is 0.966 bits per heavy atom. The van der Waals surface area contributed by atoms with Gasteiger partial charge >= 0.3 is 6.36 Å². The lowest BCUT2D eigenvalue weighted by atomic mass is 9.70. The smallest absolute Gasteiger partial charge is 0.406 e. The third-order valence-electron chi connectivity index (χ3n) is 6.77. The highest BCUT2D eigenvalue weighted by Gasteiger charge is 2.31. The SMILES string of the molecule is C=CCCC1=CCC(C2CCC(CCc3ccc(OC(F)(F)F)cc3)CC2)CC1. The normalized spacial score (nSPS) is 25.3. The van der Waals surface area contributed by atoms with Crippen LogP contribution < -0.4 is 4.74 Å². The van der Waals surface area contributed by atoms with E-state index in [1.165, 1.54) is 63.5 Å². The monoisotopic (exact) mass is 406 g/mol. The van der Waals surface area contributed by atoms with E-state index in [2.05, 4.69) is 17.4 Å². The summed E-state index contributed by atoms with van der Waals surface area (Å²) in [5.74, 6) is 2.35. The van der Waals surface area contributed by atoms with Gasteiger partial charge in [0.05, 0.1) is 0 Å². The van der Waals surface area contributed by atoms with Gasteiger partial charge in [0, 0.05) is 0 Å². The van der Waals surface area contributed by atoms with Crippen molar-refractivity contribution in [3.63, 3.8) is 0 Å². The van der Waals surface area contributed by atoms with Gasteiger partial charge < -0.3 is 4.74 Å². The summed E-state index contributed by atoms with van der Waals surface area (Å²) in [6.07, 6.45) is 13.4. The summed E-state index contributed by atoms with van der Waals surface area (Å²) in [5.41, 5.74) is 2.72. The molecule has 0 aromatic heterocycles. The van der Waals surface area contributed by atoms with Crippen molar-refractivity contribution >= 4 is 0 Å². The number of ether oxygens (including phenoxy) is 1.